The first-order valence-electron chi connectivity index (χ1n) is 11.2. The van der Waals surface area contributed by atoms with E-state index in [1.54, 1.807) is 6.92 Å². The predicted octanol–water partition coefficient (Wildman–Crippen LogP) is 10.4. The average molecular weight is 1140 g/mol. The van der Waals surface area contributed by atoms with Crippen LogP contribution in [-0.2, 0) is 41.3 Å². The fraction of sp³-hybridized carbons (Fsp3) is 0.0333. The van der Waals surface area contributed by atoms with Crippen LogP contribution in [0, 0.1) is 33.6 Å². The molecule has 10 heteroatoms. The Hall–Kier alpha value is 0.451. The maximum absolute atomic E-state index is 10.2. The Balaban J connectivity index is 0.000000607. The number of halogens is 6. The van der Waals surface area contributed by atoms with Crippen molar-refractivity contribution in [3.8, 4) is 0 Å². The van der Waals surface area contributed by atoms with Crippen LogP contribution in [0.15, 0.2) is 121 Å². The van der Waals surface area contributed by atoms with Crippen molar-refractivity contribution >= 4 is 75.8 Å². The Morgan fingerprint density at radius 1 is 0.475 bits per heavy atom. The van der Waals surface area contributed by atoms with Crippen molar-refractivity contribution < 1.29 is 54.5 Å². The second-order valence-corrected chi connectivity index (χ2v) is 26.6. The number of benzene rings is 4. The topological polar surface area (TPSA) is 0 Å². The number of rotatable bonds is 4. The summed E-state index contributed by atoms with van der Waals surface area (Å²) in [5.41, 5.74) is 0. The summed E-state index contributed by atoms with van der Waals surface area (Å²) >= 11 is 12.6. The van der Waals surface area contributed by atoms with Gasteiger partial charge in [-0.3, -0.25) is 0 Å². The van der Waals surface area contributed by atoms with Crippen molar-refractivity contribution in [3.05, 3.63) is 155 Å². The van der Waals surface area contributed by atoms with Crippen LogP contribution < -0.4 is 21.2 Å². The first-order chi connectivity index (χ1) is 18.0. The SMILES string of the molecule is [Au+3].[Br][Au].[CH2-]C(F)(F)F.[CH2-]P([CH2-])(Br)(c1ccccc1)c1ccccc1.[CH2-]P([CH2-])(Br)(c1ccccc1)c1ccccc1. The molecule has 0 aliphatic carbocycles. The summed E-state index contributed by atoms with van der Waals surface area (Å²) in [6.45, 7) is 19.3. The molecule has 0 fully saturated rings. The van der Waals surface area contributed by atoms with Gasteiger partial charge >= 0.3 is 265 Å². The van der Waals surface area contributed by atoms with Crippen molar-refractivity contribution in [2.24, 2.45) is 0 Å². The van der Waals surface area contributed by atoms with Crippen LogP contribution in [0.2, 0.25) is 0 Å². The van der Waals surface area contributed by atoms with Gasteiger partial charge in [0.25, 0.3) is 6.18 Å². The van der Waals surface area contributed by atoms with Gasteiger partial charge in [0.05, 0.1) is 0 Å². The predicted molar refractivity (Wildman–Crippen MR) is 178 cm³/mol. The van der Waals surface area contributed by atoms with Gasteiger partial charge in [0, 0.05) is 0 Å². The Morgan fingerprint density at radius 2 is 0.600 bits per heavy atom. The molecular formula is C30H30Au2Br3F3P2-2. The molecule has 4 rings (SSSR count). The van der Waals surface area contributed by atoms with E-state index in [0.717, 1.165) is 0 Å². The first-order valence-corrected chi connectivity index (χ1v) is 25.2. The van der Waals surface area contributed by atoms with Gasteiger partial charge in [-0.1, -0.05) is 0 Å². The second-order valence-electron chi connectivity index (χ2n) is 8.71. The standard InChI is InChI=1S/2C14H14BrP.C2H2F3.2Au.BrH/c2*1-16(2,15,13-9-5-3-6-10-13)14-11-7-4-8-12-14;1-2(3,4)5;;;/h2*3-12H,1-2H2;1H2;;;1H/q2*-2;-1;+1;+3;/p-1. The summed E-state index contributed by atoms with van der Waals surface area (Å²) in [4.78, 5) is 0. The van der Waals surface area contributed by atoms with Gasteiger partial charge in [-0.15, -0.1) is 0 Å². The Morgan fingerprint density at radius 3 is 0.725 bits per heavy atom. The molecule has 0 bridgehead atoms. The monoisotopic (exact) mass is 1140 g/mol. The van der Waals surface area contributed by atoms with Gasteiger partial charge in [-0.2, -0.15) is 0 Å². The minimum absolute atomic E-state index is 0. The van der Waals surface area contributed by atoms with E-state index < -0.39 is 16.8 Å². The number of alkyl halides is 3. The van der Waals surface area contributed by atoms with E-state index in [0.29, 0.717) is 0 Å². The average Bonchev–Trinajstić information content (AvgIpc) is 2.91. The van der Waals surface area contributed by atoms with E-state index in [9.17, 15) is 13.2 Å². The van der Waals surface area contributed by atoms with Crippen LogP contribution >= 0.6 is 54.6 Å². The second kappa shape index (κ2) is 17.1. The van der Waals surface area contributed by atoms with Crippen molar-refractivity contribution in [1.82, 2.24) is 0 Å². The van der Waals surface area contributed by atoms with Gasteiger partial charge in [0.1, 0.15) is 0 Å². The van der Waals surface area contributed by atoms with Crippen LogP contribution in [0.5, 0.6) is 0 Å². The third-order valence-electron chi connectivity index (χ3n) is 5.39. The fourth-order valence-corrected chi connectivity index (χ4v) is 10.2. The van der Waals surface area contributed by atoms with Crippen molar-refractivity contribution in [2.45, 2.75) is 6.18 Å². The summed E-state index contributed by atoms with van der Waals surface area (Å²) in [6.07, 6.45) is -4.25. The molecule has 0 nitrogen and oxygen atoms in total. The molecule has 4 aromatic rings. The van der Waals surface area contributed by atoms with Crippen LogP contribution in [0.4, 0.5) is 13.2 Å². The molecule has 0 heterocycles. The Labute approximate surface area is 288 Å². The van der Waals surface area contributed by atoms with E-state index in [-0.39, 0.29) is 22.4 Å². The van der Waals surface area contributed by atoms with Crippen LogP contribution in [0.25, 0.3) is 0 Å². The molecule has 0 aliphatic heterocycles. The molecule has 0 saturated carbocycles. The van der Waals surface area contributed by atoms with Gasteiger partial charge < -0.3 is 0 Å². The zero-order chi connectivity index (χ0) is 29.8. The third-order valence-corrected chi connectivity index (χ3v) is 16.2. The molecule has 4 aromatic carbocycles. The van der Waals surface area contributed by atoms with Crippen molar-refractivity contribution in [3.63, 3.8) is 0 Å². The van der Waals surface area contributed by atoms with E-state index in [4.69, 9.17) is 0 Å². The summed E-state index contributed by atoms with van der Waals surface area (Å²) < 4.78 is 30.7. The molecule has 0 saturated heterocycles. The molecule has 0 spiro atoms. The summed E-state index contributed by atoms with van der Waals surface area (Å²) in [5, 5.41) is -0.576. The van der Waals surface area contributed by atoms with E-state index >= 15 is 0 Å². The molecule has 0 unspecified atom stereocenters. The van der Waals surface area contributed by atoms with Crippen molar-refractivity contribution in [2.75, 3.05) is 0 Å². The number of hydrogen-bond acceptors (Lipinski definition) is 0. The maximum atomic E-state index is 10.2. The van der Waals surface area contributed by atoms with Crippen LogP contribution in [-0.4, -0.2) is 6.18 Å². The number of hydrogen-bond donors (Lipinski definition) is 0. The summed E-state index contributed by atoms with van der Waals surface area (Å²) in [5.74, 6) is 0. The summed E-state index contributed by atoms with van der Waals surface area (Å²) in [6, 6.07) is 40.9. The van der Waals surface area contributed by atoms with E-state index in [1.807, 2.05) is 72.8 Å². The fourth-order valence-electron chi connectivity index (χ4n) is 3.38. The molecule has 0 N–H and O–H groups in total. The molecule has 226 valence electrons. The molecule has 0 amide bonds. The third kappa shape index (κ3) is 13.0. The normalized spacial score (nSPS) is 12.9. The van der Waals surface area contributed by atoms with Gasteiger partial charge in [0.15, 0.2) is 0 Å². The molecule has 0 atom stereocenters. The van der Waals surface area contributed by atoms with Crippen LogP contribution in [0.3, 0.4) is 0 Å². The van der Waals surface area contributed by atoms with Gasteiger partial charge in [-0.05, 0) is 0 Å². The van der Waals surface area contributed by atoms with Crippen LogP contribution in [0.1, 0.15) is 0 Å². The van der Waals surface area contributed by atoms with Crippen molar-refractivity contribution in [1.29, 1.82) is 0 Å². The molecule has 0 aromatic heterocycles. The minimum atomic E-state index is -4.25. The van der Waals surface area contributed by atoms with E-state index in [1.165, 1.54) is 21.2 Å². The molecule has 40 heavy (non-hydrogen) atoms. The quantitative estimate of drug-likeness (QED) is 0.109. The Bertz CT molecular complexity index is 1060. The van der Waals surface area contributed by atoms with Gasteiger partial charge in [0.2, 0.25) is 0 Å². The molecule has 0 aliphatic rings. The van der Waals surface area contributed by atoms with E-state index in [2.05, 4.69) is 138 Å². The first kappa shape index (κ1) is 40.5. The zero-order valence-electron chi connectivity index (χ0n) is 21.3. The molecule has 0 radical (unpaired) electrons. The Kier molecular flexibility index (Phi) is 17.3. The summed E-state index contributed by atoms with van der Waals surface area (Å²) in [7, 11) is 0. The van der Waals surface area contributed by atoms with Gasteiger partial charge in [-0.25, -0.2) is 20.1 Å². The molecular weight excluding hydrogens is 1110 g/mol. The zero-order valence-corrected chi connectivity index (χ0v) is 32.2.